The summed E-state index contributed by atoms with van der Waals surface area (Å²) in [5.41, 5.74) is 0. The molecule has 4 N–H and O–H groups in total. The van der Waals surface area contributed by atoms with Crippen LogP contribution in [0.3, 0.4) is 0 Å². The number of allylic oxidation sites excluding steroid dienone is 2. The topological polar surface area (TPSA) is 98.0 Å². The SMILES string of the molecule is O=C(O)CCCC=CC[C@H]1C(O)CC(O)[C@@H]1C=CC(O)CCc1cc2ccccc2s1. The van der Waals surface area contributed by atoms with Crippen molar-refractivity contribution in [3.8, 4) is 0 Å². The van der Waals surface area contributed by atoms with Crippen LogP contribution >= 0.6 is 11.3 Å². The summed E-state index contributed by atoms with van der Waals surface area (Å²) in [6.45, 7) is 0. The first-order valence-corrected chi connectivity index (χ1v) is 11.8. The second-order valence-corrected chi connectivity index (χ2v) is 9.51. The van der Waals surface area contributed by atoms with E-state index in [1.54, 1.807) is 17.4 Å². The van der Waals surface area contributed by atoms with E-state index >= 15 is 0 Å². The van der Waals surface area contributed by atoms with E-state index in [9.17, 15) is 20.1 Å². The van der Waals surface area contributed by atoms with Crippen LogP contribution in [-0.2, 0) is 11.2 Å². The Hall–Kier alpha value is -1.99. The van der Waals surface area contributed by atoms with Crippen molar-refractivity contribution in [2.24, 2.45) is 11.8 Å². The number of hydrogen-bond acceptors (Lipinski definition) is 5. The van der Waals surface area contributed by atoms with Crippen LogP contribution in [0, 0.1) is 11.8 Å². The zero-order valence-corrected chi connectivity index (χ0v) is 18.5. The number of carboxylic acid groups (broad SMARTS) is 1. The van der Waals surface area contributed by atoms with Gasteiger partial charge >= 0.3 is 5.97 Å². The maximum absolute atomic E-state index is 10.5. The highest BCUT2D eigenvalue weighted by Crippen LogP contribution is 2.36. The molecule has 0 amide bonds. The van der Waals surface area contributed by atoms with Crippen molar-refractivity contribution < 1.29 is 25.2 Å². The van der Waals surface area contributed by atoms with Gasteiger partial charge in [-0.2, -0.15) is 0 Å². The van der Waals surface area contributed by atoms with E-state index in [0.717, 1.165) is 6.42 Å². The number of rotatable bonds is 11. The molecule has 31 heavy (non-hydrogen) atoms. The molecule has 0 radical (unpaired) electrons. The maximum Gasteiger partial charge on any atom is 0.303 e. The molecule has 1 aromatic heterocycles. The molecule has 3 rings (SSSR count). The summed E-state index contributed by atoms with van der Waals surface area (Å²) < 4.78 is 1.25. The Labute approximate surface area is 187 Å². The summed E-state index contributed by atoms with van der Waals surface area (Å²) in [6, 6.07) is 10.4. The fourth-order valence-corrected chi connectivity index (χ4v) is 5.33. The van der Waals surface area contributed by atoms with Crippen molar-refractivity contribution in [1.82, 2.24) is 0 Å². The number of carbonyl (C=O) groups is 1. The molecular formula is C25H32O5S. The average molecular weight is 445 g/mol. The highest BCUT2D eigenvalue weighted by molar-refractivity contribution is 7.19. The van der Waals surface area contributed by atoms with Crippen molar-refractivity contribution >= 4 is 27.4 Å². The Morgan fingerprint density at radius 1 is 1.19 bits per heavy atom. The van der Waals surface area contributed by atoms with E-state index in [1.165, 1.54) is 15.0 Å². The van der Waals surface area contributed by atoms with Crippen LogP contribution in [0.4, 0.5) is 0 Å². The fraction of sp³-hybridized carbons (Fsp3) is 0.480. The second-order valence-electron chi connectivity index (χ2n) is 8.35. The lowest BCUT2D eigenvalue weighted by atomic mass is 9.89. The van der Waals surface area contributed by atoms with Crippen molar-refractivity contribution in [2.45, 2.75) is 63.3 Å². The lowest BCUT2D eigenvalue weighted by Gasteiger charge is -2.19. The van der Waals surface area contributed by atoms with Gasteiger partial charge < -0.3 is 20.4 Å². The first-order chi connectivity index (χ1) is 14.9. The average Bonchev–Trinajstić information content (AvgIpc) is 3.27. The summed E-state index contributed by atoms with van der Waals surface area (Å²) in [5, 5.41) is 41.0. The van der Waals surface area contributed by atoms with E-state index in [4.69, 9.17) is 5.11 Å². The molecule has 5 nitrogen and oxygen atoms in total. The van der Waals surface area contributed by atoms with Crippen LogP contribution in [-0.4, -0.2) is 44.7 Å². The standard InChI is InChI=1S/C25H32O5S/c26-18(11-13-19-15-17-7-5-6-9-24(17)31-19)12-14-21-20(22(27)16-23(21)28)8-3-1-2-4-10-25(29)30/h1,3,5-7,9,12,14-15,18,20-23,26-28H,2,4,8,10-11,13,16H2,(H,29,30)/t18?,20-,21-,22?,23?/m1/s1. The molecule has 0 aliphatic heterocycles. The second kappa shape index (κ2) is 11.6. The molecular weight excluding hydrogens is 412 g/mol. The van der Waals surface area contributed by atoms with E-state index < -0.39 is 24.3 Å². The third kappa shape index (κ3) is 7.01. The number of hydrogen-bond donors (Lipinski definition) is 4. The van der Waals surface area contributed by atoms with Gasteiger partial charge in [0.2, 0.25) is 0 Å². The molecule has 1 aromatic carbocycles. The van der Waals surface area contributed by atoms with Crippen LogP contribution in [0.5, 0.6) is 0 Å². The quantitative estimate of drug-likeness (QED) is 0.306. The summed E-state index contributed by atoms with van der Waals surface area (Å²) in [7, 11) is 0. The Bertz CT molecular complexity index is 869. The van der Waals surface area contributed by atoms with Crippen LogP contribution in [0.15, 0.2) is 54.6 Å². The molecule has 1 fully saturated rings. The lowest BCUT2D eigenvalue weighted by Crippen LogP contribution is -2.20. The Morgan fingerprint density at radius 2 is 2.00 bits per heavy atom. The van der Waals surface area contributed by atoms with Crippen molar-refractivity contribution in [3.05, 3.63) is 59.5 Å². The van der Waals surface area contributed by atoms with Gasteiger partial charge in [0.25, 0.3) is 0 Å². The molecule has 1 aliphatic carbocycles. The molecule has 0 bridgehead atoms. The first-order valence-electron chi connectivity index (χ1n) is 11.0. The first kappa shape index (κ1) is 23.7. The molecule has 168 valence electrons. The van der Waals surface area contributed by atoms with Gasteiger partial charge in [0.05, 0.1) is 18.3 Å². The van der Waals surface area contributed by atoms with Gasteiger partial charge in [-0.1, -0.05) is 42.5 Å². The molecule has 6 heteroatoms. The zero-order valence-electron chi connectivity index (χ0n) is 17.6. The molecule has 0 spiro atoms. The minimum Gasteiger partial charge on any atom is -0.481 e. The summed E-state index contributed by atoms with van der Waals surface area (Å²) >= 11 is 1.75. The third-order valence-corrected chi connectivity index (χ3v) is 7.15. The summed E-state index contributed by atoms with van der Waals surface area (Å²) in [5.74, 6) is -1.09. The normalized spacial score (nSPS) is 25.1. The highest BCUT2D eigenvalue weighted by atomic mass is 32.1. The van der Waals surface area contributed by atoms with E-state index in [0.29, 0.717) is 32.1 Å². The van der Waals surface area contributed by atoms with E-state index in [-0.39, 0.29) is 18.3 Å². The van der Waals surface area contributed by atoms with Gasteiger partial charge in [0.1, 0.15) is 0 Å². The number of aliphatic hydroxyl groups excluding tert-OH is 3. The van der Waals surface area contributed by atoms with E-state index in [2.05, 4.69) is 18.2 Å². The Balaban J connectivity index is 1.49. The van der Waals surface area contributed by atoms with E-state index in [1.807, 2.05) is 30.4 Å². The monoisotopic (exact) mass is 444 g/mol. The van der Waals surface area contributed by atoms with Crippen molar-refractivity contribution in [2.75, 3.05) is 0 Å². The lowest BCUT2D eigenvalue weighted by molar-refractivity contribution is -0.137. The predicted octanol–water partition coefficient (Wildman–Crippen LogP) is 4.31. The van der Waals surface area contributed by atoms with Gasteiger partial charge in [0, 0.05) is 28.3 Å². The largest absolute Gasteiger partial charge is 0.481 e. The number of aliphatic carboxylic acids is 1. The Morgan fingerprint density at radius 3 is 2.77 bits per heavy atom. The minimum absolute atomic E-state index is 0.100. The van der Waals surface area contributed by atoms with Crippen LogP contribution in [0.1, 0.15) is 43.4 Å². The minimum atomic E-state index is -0.793. The number of fused-ring (bicyclic) bond motifs is 1. The summed E-state index contributed by atoms with van der Waals surface area (Å²) in [6.07, 6.45) is 9.54. The molecule has 5 atom stereocenters. The van der Waals surface area contributed by atoms with Crippen molar-refractivity contribution in [1.29, 1.82) is 0 Å². The molecule has 1 aliphatic rings. The number of carboxylic acids is 1. The van der Waals surface area contributed by atoms with Crippen LogP contribution in [0.2, 0.25) is 0 Å². The van der Waals surface area contributed by atoms with Crippen molar-refractivity contribution in [3.63, 3.8) is 0 Å². The fourth-order valence-electron chi connectivity index (χ4n) is 4.25. The van der Waals surface area contributed by atoms with Gasteiger partial charge in [0.15, 0.2) is 0 Å². The number of aliphatic hydroxyl groups is 3. The highest BCUT2D eigenvalue weighted by Gasteiger charge is 2.39. The van der Waals surface area contributed by atoms with Gasteiger partial charge in [-0.3, -0.25) is 4.79 Å². The molecule has 3 unspecified atom stereocenters. The molecule has 1 heterocycles. The third-order valence-electron chi connectivity index (χ3n) is 5.97. The number of aryl methyl sites for hydroxylation is 1. The van der Waals surface area contributed by atoms with Gasteiger partial charge in [-0.25, -0.2) is 0 Å². The molecule has 0 saturated heterocycles. The Kier molecular flexibility index (Phi) is 8.84. The predicted molar refractivity (Wildman–Crippen MR) is 124 cm³/mol. The maximum atomic E-state index is 10.5. The number of benzene rings is 1. The smallest absolute Gasteiger partial charge is 0.303 e. The van der Waals surface area contributed by atoms with Crippen LogP contribution in [0.25, 0.3) is 10.1 Å². The number of thiophene rings is 1. The number of unbranched alkanes of at least 4 members (excludes halogenated alkanes) is 1. The van der Waals surface area contributed by atoms with Crippen LogP contribution < -0.4 is 0 Å². The van der Waals surface area contributed by atoms with Gasteiger partial charge in [-0.05, 0) is 55.5 Å². The summed E-state index contributed by atoms with van der Waals surface area (Å²) in [4.78, 5) is 11.8. The van der Waals surface area contributed by atoms with Gasteiger partial charge in [-0.15, -0.1) is 11.3 Å². The molecule has 1 saturated carbocycles. The molecule has 2 aromatic rings. The zero-order chi connectivity index (χ0) is 22.2.